The number of ether oxygens (including phenoxy) is 1. The summed E-state index contributed by atoms with van der Waals surface area (Å²) in [6.07, 6.45) is 6.57. The molecule has 0 spiro atoms. The lowest BCUT2D eigenvalue weighted by Gasteiger charge is -2.29. The number of anilines is 1. The average molecular weight is 291 g/mol. The topological polar surface area (TPSA) is 71.1 Å². The van der Waals surface area contributed by atoms with Crippen LogP contribution in [0.1, 0.15) is 37.7 Å². The first-order chi connectivity index (χ1) is 10.2. The number of hydrogen-bond acceptors (Lipinski definition) is 4. The number of benzene rings is 1. The van der Waals surface area contributed by atoms with Crippen molar-refractivity contribution in [3.8, 4) is 5.75 Å². The van der Waals surface area contributed by atoms with Gasteiger partial charge in [-0.25, -0.2) is 0 Å². The lowest BCUT2D eigenvalue weighted by Crippen LogP contribution is -2.29. The van der Waals surface area contributed by atoms with Crippen LogP contribution >= 0.6 is 0 Å². The lowest BCUT2D eigenvalue weighted by molar-refractivity contribution is 0.318. The molecule has 0 aliphatic heterocycles. The van der Waals surface area contributed by atoms with Crippen molar-refractivity contribution in [2.45, 2.75) is 32.1 Å². The van der Waals surface area contributed by atoms with E-state index in [9.17, 15) is 0 Å². The molecule has 2 rings (SSSR count). The SMILES string of the molecule is COc1ccc(/C(N)=N/O)c(N(C)CC2CCCCC2)c1. The predicted octanol–water partition coefficient (Wildman–Crippen LogP) is 2.81. The maximum absolute atomic E-state index is 8.96. The van der Waals surface area contributed by atoms with Crippen LogP contribution < -0.4 is 15.4 Å². The number of rotatable bonds is 5. The monoisotopic (exact) mass is 291 g/mol. The maximum Gasteiger partial charge on any atom is 0.172 e. The fraction of sp³-hybridized carbons (Fsp3) is 0.562. The molecule has 1 aliphatic rings. The maximum atomic E-state index is 8.96. The summed E-state index contributed by atoms with van der Waals surface area (Å²) >= 11 is 0. The van der Waals surface area contributed by atoms with Crippen molar-refractivity contribution >= 4 is 11.5 Å². The van der Waals surface area contributed by atoms with Gasteiger partial charge in [-0.1, -0.05) is 24.4 Å². The molecule has 0 radical (unpaired) electrons. The number of methoxy groups -OCH3 is 1. The van der Waals surface area contributed by atoms with Crippen molar-refractivity contribution in [1.29, 1.82) is 0 Å². The molecule has 1 aromatic carbocycles. The first kappa shape index (κ1) is 15.5. The molecule has 5 heteroatoms. The fourth-order valence-electron chi connectivity index (χ4n) is 3.08. The highest BCUT2D eigenvalue weighted by molar-refractivity contribution is 6.02. The number of amidine groups is 1. The molecule has 1 aliphatic carbocycles. The largest absolute Gasteiger partial charge is 0.497 e. The summed E-state index contributed by atoms with van der Waals surface area (Å²) in [5.41, 5.74) is 7.46. The van der Waals surface area contributed by atoms with Crippen molar-refractivity contribution in [3.05, 3.63) is 23.8 Å². The van der Waals surface area contributed by atoms with Gasteiger partial charge in [0.25, 0.3) is 0 Å². The molecule has 1 saturated carbocycles. The van der Waals surface area contributed by atoms with Crippen molar-refractivity contribution in [3.63, 3.8) is 0 Å². The highest BCUT2D eigenvalue weighted by Crippen LogP contribution is 2.29. The van der Waals surface area contributed by atoms with E-state index >= 15 is 0 Å². The Labute approximate surface area is 126 Å². The van der Waals surface area contributed by atoms with E-state index < -0.39 is 0 Å². The Morgan fingerprint density at radius 1 is 1.38 bits per heavy atom. The molecular weight excluding hydrogens is 266 g/mol. The Bertz CT molecular complexity index is 496. The minimum absolute atomic E-state index is 0.128. The number of hydrogen-bond donors (Lipinski definition) is 2. The summed E-state index contributed by atoms with van der Waals surface area (Å²) in [5, 5.41) is 12.1. The summed E-state index contributed by atoms with van der Waals surface area (Å²) in [7, 11) is 3.70. The van der Waals surface area contributed by atoms with Gasteiger partial charge in [0.15, 0.2) is 5.84 Å². The molecule has 0 atom stereocenters. The van der Waals surface area contributed by atoms with Crippen molar-refractivity contribution in [2.75, 3.05) is 25.6 Å². The second-order valence-electron chi connectivity index (χ2n) is 5.75. The minimum Gasteiger partial charge on any atom is -0.497 e. The van der Waals surface area contributed by atoms with E-state index in [1.54, 1.807) is 7.11 Å². The molecule has 1 fully saturated rings. The van der Waals surface area contributed by atoms with Crippen molar-refractivity contribution in [1.82, 2.24) is 0 Å². The fourth-order valence-corrected chi connectivity index (χ4v) is 3.08. The van der Waals surface area contributed by atoms with Gasteiger partial charge in [0, 0.05) is 25.2 Å². The first-order valence-corrected chi connectivity index (χ1v) is 7.52. The van der Waals surface area contributed by atoms with Crippen LogP contribution in [0.4, 0.5) is 5.69 Å². The lowest BCUT2D eigenvalue weighted by atomic mass is 9.89. The van der Waals surface area contributed by atoms with Gasteiger partial charge in [-0.2, -0.15) is 0 Å². The van der Waals surface area contributed by atoms with E-state index in [1.165, 1.54) is 32.1 Å². The average Bonchev–Trinajstić information content (AvgIpc) is 2.54. The van der Waals surface area contributed by atoms with E-state index in [4.69, 9.17) is 15.7 Å². The van der Waals surface area contributed by atoms with E-state index in [2.05, 4.69) is 17.1 Å². The highest BCUT2D eigenvalue weighted by Gasteiger charge is 2.18. The number of nitrogens with zero attached hydrogens (tertiary/aromatic N) is 2. The molecule has 0 heterocycles. The summed E-state index contributed by atoms with van der Waals surface area (Å²) in [4.78, 5) is 2.19. The second-order valence-corrected chi connectivity index (χ2v) is 5.75. The summed E-state index contributed by atoms with van der Waals surface area (Å²) in [5.74, 6) is 1.62. The van der Waals surface area contributed by atoms with Crippen LogP contribution in [0.3, 0.4) is 0 Å². The molecule has 0 aromatic heterocycles. The Kier molecular flexibility index (Phi) is 5.31. The molecule has 1 aromatic rings. The molecule has 0 amide bonds. The number of oxime groups is 1. The van der Waals surface area contributed by atoms with E-state index in [1.807, 2.05) is 18.2 Å². The molecule has 0 bridgehead atoms. The van der Waals surface area contributed by atoms with Crippen LogP contribution in [0.2, 0.25) is 0 Å². The zero-order valence-electron chi connectivity index (χ0n) is 12.9. The second kappa shape index (κ2) is 7.20. The Balaban J connectivity index is 2.22. The molecule has 0 unspecified atom stereocenters. The van der Waals surface area contributed by atoms with Crippen LogP contribution in [0.25, 0.3) is 0 Å². The van der Waals surface area contributed by atoms with E-state index in [0.717, 1.165) is 29.5 Å². The van der Waals surface area contributed by atoms with Gasteiger partial charge in [-0.15, -0.1) is 0 Å². The van der Waals surface area contributed by atoms with Gasteiger partial charge in [-0.05, 0) is 30.9 Å². The zero-order valence-corrected chi connectivity index (χ0v) is 12.9. The van der Waals surface area contributed by atoms with Crippen LogP contribution in [0.5, 0.6) is 5.75 Å². The Morgan fingerprint density at radius 3 is 2.71 bits per heavy atom. The predicted molar refractivity (Wildman–Crippen MR) is 85.3 cm³/mol. The van der Waals surface area contributed by atoms with Gasteiger partial charge in [0.1, 0.15) is 5.75 Å². The molecular formula is C16H25N3O2. The first-order valence-electron chi connectivity index (χ1n) is 7.52. The molecule has 21 heavy (non-hydrogen) atoms. The van der Waals surface area contributed by atoms with Crippen molar-refractivity contribution in [2.24, 2.45) is 16.8 Å². The third-order valence-electron chi connectivity index (χ3n) is 4.26. The molecule has 5 nitrogen and oxygen atoms in total. The summed E-state index contributed by atoms with van der Waals surface area (Å²) in [6, 6.07) is 5.60. The smallest absolute Gasteiger partial charge is 0.172 e. The van der Waals surface area contributed by atoms with E-state index in [0.29, 0.717) is 0 Å². The van der Waals surface area contributed by atoms with E-state index in [-0.39, 0.29) is 5.84 Å². The van der Waals surface area contributed by atoms with Gasteiger partial charge < -0.3 is 20.6 Å². The quantitative estimate of drug-likeness (QED) is 0.379. The Morgan fingerprint density at radius 2 is 2.10 bits per heavy atom. The van der Waals surface area contributed by atoms with Gasteiger partial charge >= 0.3 is 0 Å². The zero-order chi connectivity index (χ0) is 15.2. The molecule has 3 N–H and O–H groups in total. The third kappa shape index (κ3) is 3.80. The molecule has 0 saturated heterocycles. The van der Waals surface area contributed by atoms with Crippen LogP contribution in [0, 0.1) is 5.92 Å². The van der Waals surface area contributed by atoms with Crippen LogP contribution in [0.15, 0.2) is 23.4 Å². The van der Waals surface area contributed by atoms with Gasteiger partial charge in [-0.3, -0.25) is 0 Å². The van der Waals surface area contributed by atoms with Gasteiger partial charge in [0.05, 0.1) is 12.8 Å². The third-order valence-corrected chi connectivity index (χ3v) is 4.26. The van der Waals surface area contributed by atoms with Crippen LogP contribution in [-0.4, -0.2) is 31.7 Å². The van der Waals surface area contributed by atoms with Gasteiger partial charge in [0.2, 0.25) is 0 Å². The van der Waals surface area contributed by atoms with Crippen LogP contribution in [-0.2, 0) is 0 Å². The Hall–Kier alpha value is -1.91. The summed E-state index contributed by atoms with van der Waals surface area (Å²) < 4.78 is 5.29. The van der Waals surface area contributed by atoms with Crippen molar-refractivity contribution < 1.29 is 9.94 Å². The molecule has 116 valence electrons. The number of nitrogens with two attached hydrogens (primary N) is 1. The normalized spacial score (nSPS) is 16.8. The highest BCUT2D eigenvalue weighted by atomic mass is 16.5. The minimum atomic E-state index is 0.128. The standard InChI is InChI=1S/C16H25N3O2/c1-19(11-12-6-4-3-5-7-12)15-10-13(21-2)8-9-14(15)16(17)18-20/h8-10,12,20H,3-7,11H2,1-2H3,(H2,17,18). The summed E-state index contributed by atoms with van der Waals surface area (Å²) in [6.45, 7) is 0.985.